The number of nitrogens with zero attached hydrogens (tertiary/aromatic N) is 3. The first-order valence-electron chi connectivity index (χ1n) is 8.94. The fourth-order valence-corrected chi connectivity index (χ4v) is 4.27. The Morgan fingerprint density at radius 2 is 2.07 bits per heavy atom. The lowest BCUT2D eigenvalue weighted by Gasteiger charge is -2.42. The molecule has 2 atom stereocenters. The van der Waals surface area contributed by atoms with E-state index in [-0.39, 0.29) is 30.0 Å². The molecule has 0 N–H and O–H groups in total. The molecule has 1 aromatic carbocycles. The highest BCUT2D eigenvalue weighted by Gasteiger charge is 2.63. The van der Waals surface area contributed by atoms with Crippen molar-refractivity contribution < 1.29 is 23.0 Å². The number of hydrogen-bond donors (Lipinski definition) is 0. The van der Waals surface area contributed by atoms with E-state index >= 15 is 0 Å². The van der Waals surface area contributed by atoms with Crippen LogP contribution in [0.2, 0.25) is 0 Å². The first-order valence-corrected chi connectivity index (χ1v) is 8.94. The molecule has 3 heterocycles. The Labute approximate surface area is 154 Å². The van der Waals surface area contributed by atoms with E-state index in [2.05, 4.69) is 9.97 Å². The molecule has 5 rings (SSSR count). The minimum Gasteiger partial charge on any atom is -0.487 e. The molecule has 3 fully saturated rings. The first-order chi connectivity index (χ1) is 13.1. The van der Waals surface area contributed by atoms with Crippen LogP contribution < -0.4 is 4.74 Å². The molecule has 2 saturated heterocycles. The maximum Gasteiger partial charge on any atom is 0.257 e. The molecule has 1 spiro atoms. The van der Waals surface area contributed by atoms with Gasteiger partial charge >= 0.3 is 0 Å². The van der Waals surface area contributed by atoms with Crippen LogP contribution in [0.4, 0.5) is 8.78 Å². The summed E-state index contributed by atoms with van der Waals surface area (Å²) in [6.07, 6.45) is 6.50. The second-order valence-corrected chi connectivity index (χ2v) is 7.23. The quantitative estimate of drug-likeness (QED) is 0.828. The lowest BCUT2D eigenvalue weighted by molar-refractivity contribution is -0.162. The second kappa shape index (κ2) is 5.95. The smallest absolute Gasteiger partial charge is 0.257 e. The van der Waals surface area contributed by atoms with Crippen molar-refractivity contribution in [3.8, 4) is 5.75 Å². The zero-order valence-corrected chi connectivity index (χ0v) is 14.3. The molecule has 2 aliphatic heterocycles. The number of fused-ring (bicyclic) bond motifs is 1. The fraction of sp³-hybridized carbons (Fsp3) is 0.421. The Morgan fingerprint density at radius 3 is 2.81 bits per heavy atom. The molecule has 0 bridgehead atoms. The van der Waals surface area contributed by atoms with Crippen molar-refractivity contribution >= 4 is 5.91 Å². The van der Waals surface area contributed by atoms with E-state index in [0.29, 0.717) is 12.8 Å². The molecule has 2 aromatic rings. The number of aromatic nitrogens is 2. The van der Waals surface area contributed by atoms with Crippen molar-refractivity contribution in [3.63, 3.8) is 0 Å². The van der Waals surface area contributed by atoms with Gasteiger partial charge < -0.3 is 14.4 Å². The summed E-state index contributed by atoms with van der Waals surface area (Å²) in [6.45, 7) is 0. The molecular weight excluding hydrogens is 356 g/mol. The van der Waals surface area contributed by atoms with Gasteiger partial charge in [0.25, 0.3) is 5.91 Å². The average molecular weight is 373 g/mol. The minimum absolute atomic E-state index is 0.0142. The Kier molecular flexibility index (Phi) is 3.65. The maximum atomic E-state index is 13.8. The van der Waals surface area contributed by atoms with Gasteiger partial charge in [0.2, 0.25) is 0 Å². The first kappa shape index (κ1) is 16.6. The number of carbonyl (C=O) groups excluding carboxylic acids is 1. The molecule has 1 amide bonds. The Hall–Kier alpha value is -2.61. The maximum absolute atomic E-state index is 13.8. The molecular formula is C19H17F2N3O3. The van der Waals surface area contributed by atoms with Crippen LogP contribution in [0.15, 0.2) is 36.8 Å². The van der Waals surface area contributed by atoms with Crippen molar-refractivity contribution in [2.24, 2.45) is 0 Å². The van der Waals surface area contributed by atoms with E-state index in [9.17, 15) is 13.6 Å². The third-order valence-corrected chi connectivity index (χ3v) is 5.55. The van der Waals surface area contributed by atoms with E-state index in [4.69, 9.17) is 9.47 Å². The van der Waals surface area contributed by atoms with Gasteiger partial charge in [0, 0.05) is 31.3 Å². The number of amides is 1. The summed E-state index contributed by atoms with van der Waals surface area (Å²) in [6, 6.07) is 3.05. The summed E-state index contributed by atoms with van der Waals surface area (Å²) in [5.74, 6) is -1.49. The summed E-state index contributed by atoms with van der Waals surface area (Å²) in [4.78, 5) is 23.2. The third-order valence-electron chi connectivity index (χ3n) is 5.55. The van der Waals surface area contributed by atoms with E-state index in [0.717, 1.165) is 30.7 Å². The lowest BCUT2D eigenvalue weighted by Crippen LogP contribution is -2.56. The molecule has 0 radical (unpaired) electrons. The number of carbonyl (C=O) groups is 1. The number of hydrogen-bond acceptors (Lipinski definition) is 5. The SMILES string of the molecule is O=C1N2[C@@H](CC[C@H]2c2cnccn2)OC12CC(Oc1ccc(F)cc1F)C2. The van der Waals surface area contributed by atoms with Gasteiger partial charge in [-0.05, 0) is 25.0 Å². The van der Waals surface area contributed by atoms with Crippen molar-refractivity contribution in [1.82, 2.24) is 14.9 Å². The topological polar surface area (TPSA) is 64.6 Å². The molecule has 8 heteroatoms. The highest BCUT2D eigenvalue weighted by molar-refractivity contribution is 5.89. The standard InChI is InChI=1S/C19H17F2N3O3/c20-11-1-3-16(13(21)7-11)26-12-8-19(9-12)18(25)24-15(2-4-17(24)27-19)14-10-22-5-6-23-14/h1,3,5-7,10,12,15,17H,2,4,8-9H2/t12?,15-,17+,19?/m0/s1. The summed E-state index contributed by atoms with van der Waals surface area (Å²) < 4.78 is 38.4. The van der Waals surface area contributed by atoms with E-state index in [1.807, 2.05) is 0 Å². The van der Waals surface area contributed by atoms with Gasteiger partial charge in [0.15, 0.2) is 17.2 Å². The molecule has 3 aliphatic rings. The molecule has 6 nitrogen and oxygen atoms in total. The van der Waals surface area contributed by atoms with Crippen LogP contribution in [0.1, 0.15) is 37.4 Å². The number of ether oxygens (including phenoxy) is 2. The van der Waals surface area contributed by atoms with Crippen LogP contribution in [0.25, 0.3) is 0 Å². The predicted molar refractivity (Wildman–Crippen MR) is 88.5 cm³/mol. The predicted octanol–water partition coefficient (Wildman–Crippen LogP) is 2.75. The van der Waals surface area contributed by atoms with Gasteiger partial charge in [-0.15, -0.1) is 0 Å². The molecule has 1 saturated carbocycles. The van der Waals surface area contributed by atoms with Crippen molar-refractivity contribution in [1.29, 1.82) is 0 Å². The van der Waals surface area contributed by atoms with E-state index in [1.165, 1.54) is 6.07 Å². The molecule has 140 valence electrons. The van der Waals surface area contributed by atoms with E-state index in [1.54, 1.807) is 23.5 Å². The van der Waals surface area contributed by atoms with Crippen molar-refractivity contribution in [2.75, 3.05) is 0 Å². The van der Waals surface area contributed by atoms with Gasteiger partial charge in [-0.2, -0.15) is 0 Å². The van der Waals surface area contributed by atoms with Crippen LogP contribution in [-0.4, -0.2) is 38.7 Å². The lowest BCUT2D eigenvalue weighted by atomic mass is 9.76. The van der Waals surface area contributed by atoms with Crippen LogP contribution in [0, 0.1) is 11.6 Å². The van der Waals surface area contributed by atoms with E-state index < -0.39 is 17.2 Å². The molecule has 1 aliphatic carbocycles. The van der Waals surface area contributed by atoms with Crippen LogP contribution in [0.3, 0.4) is 0 Å². The zero-order chi connectivity index (χ0) is 18.6. The Morgan fingerprint density at radius 1 is 1.22 bits per heavy atom. The summed E-state index contributed by atoms with van der Waals surface area (Å²) >= 11 is 0. The number of rotatable bonds is 3. The number of benzene rings is 1. The molecule has 27 heavy (non-hydrogen) atoms. The van der Waals surface area contributed by atoms with Gasteiger partial charge in [-0.1, -0.05) is 0 Å². The molecule has 1 aromatic heterocycles. The molecule has 0 unspecified atom stereocenters. The highest BCUT2D eigenvalue weighted by atomic mass is 19.1. The van der Waals surface area contributed by atoms with Crippen LogP contribution in [-0.2, 0) is 9.53 Å². The normalized spacial score (nSPS) is 31.9. The third kappa shape index (κ3) is 2.58. The van der Waals surface area contributed by atoms with Gasteiger partial charge in [-0.25, -0.2) is 8.78 Å². The summed E-state index contributed by atoms with van der Waals surface area (Å²) in [5.41, 5.74) is -0.151. The van der Waals surface area contributed by atoms with Gasteiger partial charge in [0.05, 0.1) is 17.9 Å². The minimum atomic E-state index is -0.910. The van der Waals surface area contributed by atoms with Crippen LogP contribution >= 0.6 is 0 Å². The number of halogens is 2. The van der Waals surface area contributed by atoms with Crippen molar-refractivity contribution in [3.05, 3.63) is 54.1 Å². The second-order valence-electron chi connectivity index (χ2n) is 7.23. The Bertz CT molecular complexity index is 889. The Balaban J connectivity index is 1.29. The van der Waals surface area contributed by atoms with Crippen molar-refractivity contribution in [2.45, 2.75) is 49.7 Å². The zero-order valence-electron chi connectivity index (χ0n) is 14.3. The largest absolute Gasteiger partial charge is 0.487 e. The fourth-order valence-electron chi connectivity index (χ4n) is 4.27. The average Bonchev–Trinajstić information content (AvgIpc) is 3.16. The highest BCUT2D eigenvalue weighted by Crippen LogP contribution is 2.51. The summed E-state index contributed by atoms with van der Waals surface area (Å²) in [5, 5.41) is 0. The van der Waals surface area contributed by atoms with Gasteiger partial charge in [0.1, 0.15) is 18.1 Å². The van der Waals surface area contributed by atoms with Crippen LogP contribution in [0.5, 0.6) is 5.75 Å². The summed E-state index contributed by atoms with van der Waals surface area (Å²) in [7, 11) is 0. The monoisotopic (exact) mass is 373 g/mol. The van der Waals surface area contributed by atoms with Gasteiger partial charge in [-0.3, -0.25) is 14.8 Å².